The third kappa shape index (κ3) is 7.52. The fourth-order valence-electron chi connectivity index (χ4n) is 5.38. The van der Waals surface area contributed by atoms with E-state index in [1.54, 1.807) is 43.7 Å². The Morgan fingerprint density at radius 2 is 1.75 bits per heavy atom. The Morgan fingerprint density at radius 1 is 1.00 bits per heavy atom. The summed E-state index contributed by atoms with van der Waals surface area (Å²) in [6, 6.07) is 16.5. The lowest BCUT2D eigenvalue weighted by Gasteiger charge is -2.25. The Hall–Kier alpha value is -4.35. The second kappa shape index (κ2) is 15.3. The Balaban J connectivity index is 1.60. The summed E-state index contributed by atoms with van der Waals surface area (Å²) in [5, 5.41) is 0. The normalized spacial score (nSPS) is 14.4. The van der Waals surface area contributed by atoms with Crippen molar-refractivity contribution in [3.63, 3.8) is 0 Å². The third-order valence-electron chi connectivity index (χ3n) is 7.52. The van der Waals surface area contributed by atoms with Gasteiger partial charge in [-0.15, -0.1) is 0 Å². The zero-order valence-electron chi connectivity index (χ0n) is 28.1. The van der Waals surface area contributed by atoms with Gasteiger partial charge < -0.3 is 23.7 Å². The average Bonchev–Trinajstić information content (AvgIpc) is 3.34. The summed E-state index contributed by atoms with van der Waals surface area (Å²) in [7, 11) is 1.55. The molecule has 0 bridgehead atoms. The number of benzene rings is 3. The van der Waals surface area contributed by atoms with Crippen LogP contribution in [0.5, 0.6) is 23.0 Å². The molecule has 0 saturated carbocycles. The minimum absolute atomic E-state index is 0.0725. The number of carbonyl (C=O) groups excluding carboxylic acids is 1. The number of aryl methyl sites for hydroxylation is 1. The number of allylic oxidation sites excluding steroid dienone is 1. The van der Waals surface area contributed by atoms with Crippen molar-refractivity contribution in [1.29, 1.82) is 0 Å². The lowest BCUT2D eigenvalue weighted by molar-refractivity contribution is -0.139. The van der Waals surface area contributed by atoms with Crippen LogP contribution in [0.4, 0.5) is 0 Å². The summed E-state index contributed by atoms with van der Waals surface area (Å²) in [6.45, 7) is 12.3. The molecule has 252 valence electrons. The monoisotopic (exact) mass is 734 g/mol. The van der Waals surface area contributed by atoms with Crippen LogP contribution < -0.4 is 33.8 Å². The summed E-state index contributed by atoms with van der Waals surface area (Å²) < 4.78 is 31.8. The summed E-state index contributed by atoms with van der Waals surface area (Å²) in [4.78, 5) is 32.7. The van der Waals surface area contributed by atoms with Crippen LogP contribution in [-0.2, 0) is 16.1 Å². The van der Waals surface area contributed by atoms with Crippen LogP contribution >= 0.6 is 27.3 Å². The molecule has 0 spiro atoms. The van der Waals surface area contributed by atoms with E-state index >= 15 is 0 Å². The number of nitrogens with zero attached hydrogens (tertiary/aromatic N) is 2. The number of esters is 1. The average molecular weight is 736 g/mol. The SMILES string of the molecule is CCOC(=O)C1=C(C)N=c2s/c(=C\c3cc(Br)c(OCc4ccc(C)cc4)c(OCC)c3)c(=O)n2[C@H]1c1ccc(OC(C)C)c(OC)c1. The van der Waals surface area contributed by atoms with Gasteiger partial charge in [0, 0.05) is 0 Å². The van der Waals surface area contributed by atoms with Crippen molar-refractivity contribution in [3.8, 4) is 23.0 Å². The number of fused-ring (bicyclic) bond motifs is 1. The summed E-state index contributed by atoms with van der Waals surface area (Å²) in [5.41, 5.74) is 4.06. The quantitative estimate of drug-likeness (QED) is 0.151. The molecule has 1 aliphatic heterocycles. The predicted octanol–water partition coefficient (Wildman–Crippen LogP) is 6.64. The van der Waals surface area contributed by atoms with Gasteiger partial charge in [0.15, 0.2) is 27.8 Å². The number of ether oxygens (including phenoxy) is 5. The molecule has 0 aliphatic carbocycles. The molecule has 1 aromatic heterocycles. The van der Waals surface area contributed by atoms with Gasteiger partial charge in [-0.25, -0.2) is 9.79 Å². The van der Waals surface area contributed by atoms with E-state index in [9.17, 15) is 9.59 Å². The van der Waals surface area contributed by atoms with Gasteiger partial charge in [-0.05, 0) is 105 Å². The number of carbonyl (C=O) groups is 1. The van der Waals surface area contributed by atoms with Crippen LogP contribution in [0.2, 0.25) is 0 Å². The molecule has 1 atom stereocenters. The van der Waals surface area contributed by atoms with Crippen LogP contribution in [0.25, 0.3) is 6.08 Å². The molecule has 48 heavy (non-hydrogen) atoms. The molecule has 11 heteroatoms. The van der Waals surface area contributed by atoms with E-state index in [0.717, 1.165) is 11.1 Å². The number of thiazole rings is 1. The van der Waals surface area contributed by atoms with Gasteiger partial charge in [0.05, 0.1) is 52.7 Å². The first-order valence-corrected chi connectivity index (χ1v) is 17.3. The van der Waals surface area contributed by atoms with Crippen LogP contribution in [0.3, 0.4) is 0 Å². The second-order valence-electron chi connectivity index (χ2n) is 11.4. The summed E-state index contributed by atoms with van der Waals surface area (Å²) in [6.07, 6.45) is 1.72. The molecular formula is C37H39BrN2O7S. The van der Waals surface area contributed by atoms with Crippen molar-refractivity contribution in [1.82, 2.24) is 4.57 Å². The Kier molecular flexibility index (Phi) is 11.1. The van der Waals surface area contributed by atoms with Crippen LogP contribution in [0.1, 0.15) is 62.9 Å². The topological polar surface area (TPSA) is 97.6 Å². The number of hydrogen-bond acceptors (Lipinski definition) is 9. The van der Waals surface area contributed by atoms with Gasteiger partial charge in [0.25, 0.3) is 5.56 Å². The molecule has 0 unspecified atom stereocenters. The minimum atomic E-state index is -0.798. The lowest BCUT2D eigenvalue weighted by atomic mass is 9.95. The van der Waals surface area contributed by atoms with Crippen molar-refractivity contribution < 1.29 is 28.5 Å². The maximum atomic E-state index is 14.2. The van der Waals surface area contributed by atoms with Gasteiger partial charge >= 0.3 is 5.97 Å². The summed E-state index contributed by atoms with van der Waals surface area (Å²) in [5.74, 6) is 1.63. The fourth-order valence-corrected chi connectivity index (χ4v) is 7.00. The zero-order chi connectivity index (χ0) is 34.5. The van der Waals surface area contributed by atoms with E-state index in [-0.39, 0.29) is 23.8 Å². The Morgan fingerprint density at radius 3 is 2.42 bits per heavy atom. The van der Waals surface area contributed by atoms with Gasteiger partial charge in [-0.2, -0.15) is 0 Å². The number of aromatic nitrogens is 1. The maximum Gasteiger partial charge on any atom is 0.338 e. The zero-order valence-corrected chi connectivity index (χ0v) is 30.5. The van der Waals surface area contributed by atoms with Gasteiger partial charge in [0.1, 0.15) is 6.61 Å². The molecular weight excluding hydrogens is 696 g/mol. The number of rotatable bonds is 12. The molecule has 2 heterocycles. The fraction of sp³-hybridized carbons (Fsp3) is 0.324. The molecule has 5 rings (SSSR count). The van der Waals surface area contributed by atoms with Crippen LogP contribution in [-0.4, -0.2) is 37.0 Å². The maximum absolute atomic E-state index is 14.2. The van der Waals surface area contributed by atoms with Crippen molar-refractivity contribution in [2.75, 3.05) is 20.3 Å². The standard InChI is InChI=1S/C37H39BrN2O7S/c1-8-44-30-17-25(16-27(38)34(30)46-20-24-12-10-22(5)11-13-24)18-31-35(41)40-33(26-14-15-28(47-21(3)4)29(19-26)43-7)32(36(42)45-9-2)23(6)39-37(40)48-31/h10-19,21,33H,8-9,20H2,1-7H3/b31-18-/t33-/m0/s1. The van der Waals surface area contributed by atoms with E-state index in [1.165, 1.54) is 16.9 Å². The van der Waals surface area contributed by atoms with E-state index in [0.29, 0.717) is 61.3 Å². The van der Waals surface area contributed by atoms with E-state index in [1.807, 2.05) is 70.2 Å². The molecule has 1 aliphatic rings. The third-order valence-corrected chi connectivity index (χ3v) is 9.09. The number of halogens is 1. The lowest BCUT2D eigenvalue weighted by Crippen LogP contribution is -2.40. The largest absolute Gasteiger partial charge is 0.493 e. The first-order valence-electron chi connectivity index (χ1n) is 15.7. The second-order valence-corrected chi connectivity index (χ2v) is 13.3. The molecule has 4 aromatic rings. The highest BCUT2D eigenvalue weighted by Crippen LogP contribution is 2.39. The molecule has 9 nitrogen and oxygen atoms in total. The number of hydrogen-bond donors (Lipinski definition) is 0. The van der Waals surface area contributed by atoms with E-state index in [4.69, 9.17) is 28.7 Å². The first-order chi connectivity index (χ1) is 23.0. The number of methoxy groups -OCH3 is 1. The van der Waals surface area contributed by atoms with Gasteiger partial charge in [-0.3, -0.25) is 9.36 Å². The van der Waals surface area contributed by atoms with Crippen molar-refractivity contribution in [2.45, 2.75) is 60.3 Å². The van der Waals surface area contributed by atoms with Crippen molar-refractivity contribution >= 4 is 39.3 Å². The highest BCUT2D eigenvalue weighted by atomic mass is 79.9. The van der Waals surface area contributed by atoms with Crippen molar-refractivity contribution in [2.24, 2.45) is 4.99 Å². The molecule has 0 fully saturated rings. The first kappa shape index (κ1) is 35.0. The molecule has 0 N–H and O–H groups in total. The van der Waals surface area contributed by atoms with Gasteiger partial charge in [0.2, 0.25) is 0 Å². The van der Waals surface area contributed by atoms with Crippen molar-refractivity contribution in [3.05, 3.63) is 112 Å². The van der Waals surface area contributed by atoms with Gasteiger partial charge in [-0.1, -0.05) is 47.2 Å². The van der Waals surface area contributed by atoms with Crippen LogP contribution in [0, 0.1) is 6.92 Å². The Bertz CT molecular complexity index is 2030. The summed E-state index contributed by atoms with van der Waals surface area (Å²) >= 11 is 4.90. The Labute approximate surface area is 292 Å². The predicted molar refractivity (Wildman–Crippen MR) is 190 cm³/mol. The van der Waals surface area contributed by atoms with E-state index < -0.39 is 12.0 Å². The molecule has 0 radical (unpaired) electrons. The molecule has 0 amide bonds. The highest BCUT2D eigenvalue weighted by molar-refractivity contribution is 9.10. The minimum Gasteiger partial charge on any atom is -0.493 e. The molecule has 0 saturated heterocycles. The van der Waals surface area contributed by atoms with E-state index in [2.05, 4.69) is 15.9 Å². The van der Waals surface area contributed by atoms with Crippen LogP contribution in [0.15, 0.2) is 80.1 Å². The molecule has 3 aromatic carbocycles. The smallest absolute Gasteiger partial charge is 0.338 e. The highest BCUT2D eigenvalue weighted by Gasteiger charge is 2.34.